The molecule has 1 atom stereocenters. The van der Waals surface area contributed by atoms with Crippen molar-refractivity contribution in [2.24, 2.45) is 0 Å². The van der Waals surface area contributed by atoms with E-state index in [9.17, 15) is 9.59 Å². The average molecular weight is 351 g/mol. The Labute approximate surface area is 151 Å². The molecule has 1 saturated heterocycles. The number of fused-ring (bicyclic) bond motifs is 1. The molecule has 0 bridgehead atoms. The Hall–Kier alpha value is -2.96. The van der Waals surface area contributed by atoms with E-state index < -0.39 is 5.92 Å². The number of rotatable bonds is 3. The first-order chi connectivity index (χ1) is 12.7. The van der Waals surface area contributed by atoms with Crippen molar-refractivity contribution in [3.8, 4) is 0 Å². The number of amides is 2. The van der Waals surface area contributed by atoms with E-state index >= 15 is 0 Å². The summed E-state index contributed by atoms with van der Waals surface area (Å²) in [5.74, 6) is 0.132. The largest absolute Gasteiger partial charge is 0.353 e. The smallest absolute Gasteiger partial charge is 0.228 e. The predicted octanol–water partition coefficient (Wildman–Crippen LogP) is 1.69. The van der Waals surface area contributed by atoms with Crippen molar-refractivity contribution in [1.29, 1.82) is 0 Å². The van der Waals surface area contributed by atoms with E-state index in [1.165, 1.54) is 0 Å². The van der Waals surface area contributed by atoms with Crippen molar-refractivity contribution in [2.75, 3.05) is 23.3 Å². The highest BCUT2D eigenvalue weighted by Crippen LogP contribution is 2.32. The number of anilines is 2. The molecule has 7 heteroatoms. The lowest BCUT2D eigenvalue weighted by molar-refractivity contribution is -0.127. The molecule has 1 aromatic carbocycles. The summed E-state index contributed by atoms with van der Waals surface area (Å²) in [6, 6.07) is 9.42. The van der Waals surface area contributed by atoms with Gasteiger partial charge < -0.3 is 15.5 Å². The Balaban J connectivity index is 1.38. The van der Waals surface area contributed by atoms with Crippen LogP contribution in [0, 0.1) is 0 Å². The van der Waals surface area contributed by atoms with Crippen LogP contribution < -0.4 is 15.5 Å². The topological polar surface area (TPSA) is 87.2 Å². The molecular weight excluding hydrogens is 330 g/mol. The molecule has 0 radical (unpaired) electrons. The molecule has 0 aliphatic carbocycles. The third kappa shape index (κ3) is 3.37. The van der Waals surface area contributed by atoms with Gasteiger partial charge in [0.1, 0.15) is 0 Å². The number of aromatic nitrogens is 2. The fourth-order valence-corrected chi connectivity index (χ4v) is 3.63. The minimum atomic E-state index is -0.421. The molecule has 2 aromatic rings. The highest BCUT2D eigenvalue weighted by Gasteiger charge is 2.32. The molecule has 7 nitrogen and oxygen atoms in total. The van der Waals surface area contributed by atoms with E-state index in [1.807, 2.05) is 24.3 Å². The average Bonchev–Trinajstić information content (AvgIpc) is 2.68. The molecule has 26 heavy (non-hydrogen) atoms. The minimum absolute atomic E-state index is 0.0679. The monoisotopic (exact) mass is 351 g/mol. The van der Waals surface area contributed by atoms with Gasteiger partial charge in [0.25, 0.3) is 0 Å². The van der Waals surface area contributed by atoms with Crippen molar-refractivity contribution < 1.29 is 9.59 Å². The van der Waals surface area contributed by atoms with Crippen LogP contribution in [0.15, 0.2) is 42.7 Å². The van der Waals surface area contributed by atoms with Gasteiger partial charge in [0.05, 0.1) is 5.92 Å². The Kier molecular flexibility index (Phi) is 4.51. The van der Waals surface area contributed by atoms with Crippen molar-refractivity contribution in [3.05, 3.63) is 48.3 Å². The van der Waals surface area contributed by atoms with Crippen LogP contribution in [-0.2, 0) is 9.59 Å². The molecule has 4 rings (SSSR count). The zero-order chi connectivity index (χ0) is 17.9. The summed E-state index contributed by atoms with van der Waals surface area (Å²) in [6.07, 6.45) is 5.35. The second-order valence-corrected chi connectivity index (χ2v) is 6.71. The summed E-state index contributed by atoms with van der Waals surface area (Å²) in [4.78, 5) is 35.4. The van der Waals surface area contributed by atoms with Crippen LogP contribution in [0.2, 0.25) is 0 Å². The Morgan fingerprint density at radius 1 is 1.12 bits per heavy atom. The van der Waals surface area contributed by atoms with Crippen molar-refractivity contribution in [2.45, 2.75) is 31.2 Å². The molecule has 0 spiro atoms. The summed E-state index contributed by atoms with van der Waals surface area (Å²) < 4.78 is 0. The summed E-state index contributed by atoms with van der Waals surface area (Å²) >= 11 is 0. The maximum atomic E-state index is 12.8. The molecule has 0 unspecified atom stereocenters. The van der Waals surface area contributed by atoms with Gasteiger partial charge in [-0.3, -0.25) is 9.59 Å². The van der Waals surface area contributed by atoms with E-state index in [2.05, 4.69) is 25.5 Å². The zero-order valence-corrected chi connectivity index (χ0v) is 14.4. The van der Waals surface area contributed by atoms with E-state index in [0.29, 0.717) is 0 Å². The van der Waals surface area contributed by atoms with Gasteiger partial charge in [-0.1, -0.05) is 18.2 Å². The molecule has 2 N–H and O–H groups in total. The number of para-hydroxylation sites is 1. The van der Waals surface area contributed by atoms with Gasteiger partial charge in [-0.05, 0) is 30.5 Å². The summed E-state index contributed by atoms with van der Waals surface area (Å²) in [7, 11) is 0. The third-order valence-corrected chi connectivity index (χ3v) is 4.99. The Bertz CT molecular complexity index is 803. The fourth-order valence-electron chi connectivity index (χ4n) is 3.63. The van der Waals surface area contributed by atoms with Gasteiger partial charge in [0.2, 0.25) is 17.8 Å². The Morgan fingerprint density at radius 2 is 1.85 bits per heavy atom. The maximum absolute atomic E-state index is 12.8. The molecular formula is C19H21N5O2. The SMILES string of the molecule is O=C1C[C@H](C(=O)NC2CCN(c3ncccn3)CC2)c2ccccc2N1. The van der Waals surface area contributed by atoms with E-state index in [-0.39, 0.29) is 24.3 Å². The number of carbonyl (C=O) groups excluding carboxylic acids is 2. The molecule has 0 saturated carbocycles. The van der Waals surface area contributed by atoms with Gasteiger partial charge >= 0.3 is 0 Å². The molecule has 2 aliphatic rings. The quantitative estimate of drug-likeness (QED) is 0.879. The lowest BCUT2D eigenvalue weighted by atomic mass is 9.89. The van der Waals surface area contributed by atoms with Gasteiger partial charge in [-0.25, -0.2) is 9.97 Å². The first kappa shape index (κ1) is 16.5. The van der Waals surface area contributed by atoms with Crippen molar-refractivity contribution in [1.82, 2.24) is 15.3 Å². The predicted molar refractivity (Wildman–Crippen MR) is 97.8 cm³/mol. The van der Waals surface area contributed by atoms with E-state index in [4.69, 9.17) is 0 Å². The van der Waals surface area contributed by atoms with Crippen LogP contribution in [0.1, 0.15) is 30.7 Å². The maximum Gasteiger partial charge on any atom is 0.228 e. The van der Waals surface area contributed by atoms with Gasteiger partial charge in [0, 0.05) is 43.6 Å². The third-order valence-electron chi connectivity index (χ3n) is 4.99. The molecule has 1 fully saturated rings. The normalized spacial score (nSPS) is 20.2. The highest BCUT2D eigenvalue weighted by atomic mass is 16.2. The molecule has 1 aromatic heterocycles. The molecule has 2 amide bonds. The van der Waals surface area contributed by atoms with Crippen LogP contribution in [0.4, 0.5) is 11.6 Å². The molecule has 3 heterocycles. The van der Waals surface area contributed by atoms with E-state index in [1.54, 1.807) is 18.5 Å². The number of carbonyl (C=O) groups is 2. The van der Waals surface area contributed by atoms with Crippen LogP contribution in [0.25, 0.3) is 0 Å². The second-order valence-electron chi connectivity index (χ2n) is 6.71. The van der Waals surface area contributed by atoms with Crippen molar-refractivity contribution in [3.63, 3.8) is 0 Å². The second kappa shape index (κ2) is 7.11. The number of piperidine rings is 1. The van der Waals surface area contributed by atoms with Gasteiger partial charge in [-0.15, -0.1) is 0 Å². The van der Waals surface area contributed by atoms with Crippen LogP contribution in [0.5, 0.6) is 0 Å². The van der Waals surface area contributed by atoms with Gasteiger partial charge in [0.15, 0.2) is 0 Å². The van der Waals surface area contributed by atoms with Crippen LogP contribution >= 0.6 is 0 Å². The number of nitrogens with one attached hydrogen (secondary N) is 2. The van der Waals surface area contributed by atoms with Gasteiger partial charge in [-0.2, -0.15) is 0 Å². The number of hydrogen-bond donors (Lipinski definition) is 2. The summed E-state index contributed by atoms with van der Waals surface area (Å²) in [5.41, 5.74) is 1.62. The molecule has 134 valence electrons. The first-order valence-electron chi connectivity index (χ1n) is 8.92. The summed E-state index contributed by atoms with van der Waals surface area (Å²) in [5, 5.41) is 5.97. The molecule has 2 aliphatic heterocycles. The number of benzene rings is 1. The fraction of sp³-hybridized carbons (Fsp3) is 0.368. The number of hydrogen-bond acceptors (Lipinski definition) is 5. The standard InChI is InChI=1S/C19H21N5O2/c25-17-12-15(14-4-1-2-5-16(14)23-17)18(26)22-13-6-10-24(11-7-13)19-20-8-3-9-21-19/h1-5,8-9,13,15H,6-7,10-12H2,(H,22,26)(H,23,25)/t15-/m0/s1. The minimum Gasteiger partial charge on any atom is -0.353 e. The Morgan fingerprint density at radius 3 is 2.62 bits per heavy atom. The lowest BCUT2D eigenvalue weighted by Crippen LogP contribution is -2.47. The first-order valence-corrected chi connectivity index (χ1v) is 8.92. The van der Waals surface area contributed by atoms with Crippen molar-refractivity contribution >= 4 is 23.5 Å². The van der Waals surface area contributed by atoms with Crippen LogP contribution in [0.3, 0.4) is 0 Å². The number of nitrogens with zero attached hydrogens (tertiary/aromatic N) is 3. The summed E-state index contributed by atoms with van der Waals surface area (Å²) in [6.45, 7) is 1.60. The highest BCUT2D eigenvalue weighted by molar-refractivity contribution is 6.01. The van der Waals surface area contributed by atoms with E-state index in [0.717, 1.165) is 43.1 Å². The lowest BCUT2D eigenvalue weighted by Gasteiger charge is -2.33. The van der Waals surface area contributed by atoms with Crippen LogP contribution in [-0.4, -0.2) is 40.9 Å². The zero-order valence-electron chi connectivity index (χ0n) is 14.4.